The highest BCUT2D eigenvalue weighted by atomic mass is 16.2. The minimum Gasteiger partial charge on any atom is -0.376 e. The van der Waals surface area contributed by atoms with E-state index in [2.05, 4.69) is 22.8 Å². The van der Waals surface area contributed by atoms with Crippen molar-refractivity contribution in [1.29, 1.82) is 0 Å². The number of carbonyl (C=O) groups is 1. The first kappa shape index (κ1) is 13.6. The fourth-order valence-corrected chi connectivity index (χ4v) is 2.28. The maximum absolute atomic E-state index is 11.7. The van der Waals surface area contributed by atoms with E-state index in [9.17, 15) is 4.79 Å². The largest absolute Gasteiger partial charge is 0.376 e. The number of anilines is 1. The molecule has 1 aliphatic carbocycles. The molecule has 1 atom stereocenters. The summed E-state index contributed by atoms with van der Waals surface area (Å²) in [6.07, 6.45) is 4.46. The van der Waals surface area contributed by atoms with Crippen LogP contribution in [0.5, 0.6) is 0 Å². The van der Waals surface area contributed by atoms with E-state index in [1.165, 1.54) is 12.8 Å². The summed E-state index contributed by atoms with van der Waals surface area (Å²) in [5, 5.41) is 7.28. The Labute approximate surface area is 114 Å². The molecule has 0 heterocycles. The van der Waals surface area contributed by atoms with E-state index in [4.69, 9.17) is 0 Å². The molecule has 0 radical (unpaired) electrons. The number of nitrogens with zero attached hydrogens (tertiary/aromatic N) is 1. The summed E-state index contributed by atoms with van der Waals surface area (Å²) in [7, 11) is 0. The zero-order valence-corrected chi connectivity index (χ0v) is 11.4. The second kappa shape index (κ2) is 6.92. The number of rotatable bonds is 4. The topological polar surface area (TPSA) is 53.5 Å². The number of hydrazone groups is 1. The quantitative estimate of drug-likeness (QED) is 0.817. The van der Waals surface area contributed by atoms with Crippen LogP contribution in [0.3, 0.4) is 0 Å². The Balaban J connectivity index is 1.74. The molecule has 0 aliphatic heterocycles. The minimum atomic E-state index is -0.102. The summed E-state index contributed by atoms with van der Waals surface area (Å²) in [4.78, 5) is 11.7. The molecule has 1 aromatic carbocycles. The molecule has 0 spiro atoms. The van der Waals surface area contributed by atoms with E-state index in [0.717, 1.165) is 24.2 Å². The molecule has 102 valence electrons. The highest BCUT2D eigenvalue weighted by molar-refractivity contribution is 5.87. The molecular formula is C15H21N3O. The van der Waals surface area contributed by atoms with Crippen LogP contribution in [0.25, 0.3) is 0 Å². The first-order chi connectivity index (χ1) is 9.24. The third-order valence-corrected chi connectivity index (χ3v) is 3.31. The summed E-state index contributed by atoms with van der Waals surface area (Å²) < 4.78 is 0. The molecule has 1 amide bonds. The Morgan fingerprint density at radius 3 is 2.89 bits per heavy atom. The van der Waals surface area contributed by atoms with Crippen molar-refractivity contribution in [2.75, 3.05) is 11.9 Å². The fraction of sp³-hybridized carbons (Fsp3) is 0.467. The molecule has 4 nitrogen and oxygen atoms in total. The number of benzene rings is 1. The van der Waals surface area contributed by atoms with Crippen molar-refractivity contribution < 1.29 is 4.79 Å². The van der Waals surface area contributed by atoms with E-state index in [-0.39, 0.29) is 12.5 Å². The Kier molecular flexibility index (Phi) is 4.95. The van der Waals surface area contributed by atoms with Crippen LogP contribution in [-0.4, -0.2) is 18.2 Å². The van der Waals surface area contributed by atoms with Gasteiger partial charge in [-0.1, -0.05) is 25.1 Å². The number of carbonyl (C=O) groups excluding carboxylic acids is 1. The summed E-state index contributed by atoms with van der Waals surface area (Å²) in [6.45, 7) is 2.48. The SMILES string of the molecule is C[C@H]1CCC/C(=N/NC(=O)CNc2ccccc2)C1. The highest BCUT2D eigenvalue weighted by Crippen LogP contribution is 2.20. The zero-order valence-electron chi connectivity index (χ0n) is 11.4. The monoisotopic (exact) mass is 259 g/mol. The van der Waals surface area contributed by atoms with Crippen LogP contribution in [0.1, 0.15) is 32.6 Å². The van der Waals surface area contributed by atoms with Crippen LogP contribution in [0.2, 0.25) is 0 Å². The van der Waals surface area contributed by atoms with Crippen molar-refractivity contribution in [2.24, 2.45) is 11.0 Å². The van der Waals surface area contributed by atoms with Gasteiger partial charge < -0.3 is 5.32 Å². The van der Waals surface area contributed by atoms with Crippen molar-refractivity contribution in [3.8, 4) is 0 Å². The minimum absolute atomic E-state index is 0.102. The smallest absolute Gasteiger partial charge is 0.259 e. The molecule has 1 aliphatic rings. The third kappa shape index (κ3) is 4.73. The van der Waals surface area contributed by atoms with Gasteiger partial charge in [0.25, 0.3) is 5.91 Å². The molecule has 0 bridgehead atoms. The molecule has 19 heavy (non-hydrogen) atoms. The average Bonchev–Trinajstić information content (AvgIpc) is 2.44. The van der Waals surface area contributed by atoms with Gasteiger partial charge in [0.1, 0.15) is 0 Å². The Bertz CT molecular complexity index is 442. The van der Waals surface area contributed by atoms with Crippen molar-refractivity contribution in [3.05, 3.63) is 30.3 Å². The van der Waals surface area contributed by atoms with Crippen LogP contribution in [-0.2, 0) is 4.79 Å². The Morgan fingerprint density at radius 1 is 1.37 bits per heavy atom. The predicted molar refractivity (Wildman–Crippen MR) is 78.1 cm³/mol. The zero-order chi connectivity index (χ0) is 13.5. The van der Waals surface area contributed by atoms with Gasteiger partial charge in [-0.25, -0.2) is 5.43 Å². The lowest BCUT2D eigenvalue weighted by atomic mass is 9.89. The molecule has 1 fully saturated rings. The second-order valence-electron chi connectivity index (χ2n) is 5.13. The van der Waals surface area contributed by atoms with Gasteiger partial charge in [-0.3, -0.25) is 4.79 Å². The van der Waals surface area contributed by atoms with Crippen molar-refractivity contribution in [2.45, 2.75) is 32.6 Å². The number of hydrogen-bond acceptors (Lipinski definition) is 3. The molecule has 4 heteroatoms. The van der Waals surface area contributed by atoms with Crippen LogP contribution in [0.15, 0.2) is 35.4 Å². The van der Waals surface area contributed by atoms with E-state index < -0.39 is 0 Å². The van der Waals surface area contributed by atoms with E-state index in [1.807, 2.05) is 30.3 Å². The lowest BCUT2D eigenvalue weighted by Crippen LogP contribution is -2.27. The van der Waals surface area contributed by atoms with Crippen LogP contribution < -0.4 is 10.7 Å². The average molecular weight is 259 g/mol. The number of amides is 1. The first-order valence-electron chi connectivity index (χ1n) is 6.87. The molecular weight excluding hydrogens is 238 g/mol. The van der Waals surface area contributed by atoms with Crippen molar-refractivity contribution in [3.63, 3.8) is 0 Å². The summed E-state index contributed by atoms with van der Waals surface area (Å²) in [5.41, 5.74) is 4.69. The molecule has 0 unspecified atom stereocenters. The Hall–Kier alpha value is -1.84. The molecule has 2 rings (SSSR count). The van der Waals surface area contributed by atoms with E-state index in [0.29, 0.717) is 5.92 Å². The molecule has 1 aromatic rings. The van der Waals surface area contributed by atoms with Gasteiger partial charge >= 0.3 is 0 Å². The van der Waals surface area contributed by atoms with E-state index in [1.54, 1.807) is 0 Å². The number of para-hydroxylation sites is 1. The molecule has 0 saturated heterocycles. The normalized spacial score (nSPS) is 21.1. The maximum atomic E-state index is 11.7. The second-order valence-corrected chi connectivity index (χ2v) is 5.13. The van der Waals surface area contributed by atoms with Crippen molar-refractivity contribution >= 4 is 17.3 Å². The van der Waals surface area contributed by atoms with Crippen LogP contribution in [0.4, 0.5) is 5.69 Å². The summed E-state index contributed by atoms with van der Waals surface area (Å²) in [5.74, 6) is 0.585. The fourth-order valence-electron chi connectivity index (χ4n) is 2.28. The van der Waals surface area contributed by atoms with Crippen molar-refractivity contribution in [1.82, 2.24) is 5.43 Å². The van der Waals surface area contributed by atoms with Gasteiger partial charge in [-0.05, 0) is 43.7 Å². The molecule has 2 N–H and O–H groups in total. The standard InChI is InChI=1S/C15H21N3O/c1-12-6-5-9-14(10-12)17-18-15(19)11-16-13-7-3-2-4-8-13/h2-4,7-8,12,16H,5-6,9-11H2,1H3,(H,18,19)/b17-14-/t12-/m0/s1. The lowest BCUT2D eigenvalue weighted by molar-refractivity contribution is -0.119. The highest BCUT2D eigenvalue weighted by Gasteiger charge is 2.14. The van der Waals surface area contributed by atoms with E-state index >= 15 is 0 Å². The van der Waals surface area contributed by atoms with Gasteiger partial charge in [-0.2, -0.15) is 5.10 Å². The van der Waals surface area contributed by atoms with Gasteiger partial charge in [0.2, 0.25) is 0 Å². The maximum Gasteiger partial charge on any atom is 0.259 e. The van der Waals surface area contributed by atoms with Crippen LogP contribution in [0, 0.1) is 5.92 Å². The Morgan fingerprint density at radius 2 is 2.16 bits per heavy atom. The van der Waals surface area contributed by atoms with Gasteiger partial charge in [-0.15, -0.1) is 0 Å². The summed E-state index contributed by atoms with van der Waals surface area (Å²) >= 11 is 0. The van der Waals surface area contributed by atoms with Gasteiger partial charge in [0.15, 0.2) is 0 Å². The summed E-state index contributed by atoms with van der Waals surface area (Å²) in [6, 6.07) is 9.68. The predicted octanol–water partition coefficient (Wildman–Crippen LogP) is 2.78. The van der Waals surface area contributed by atoms with Gasteiger partial charge in [0, 0.05) is 11.4 Å². The third-order valence-electron chi connectivity index (χ3n) is 3.31. The molecule has 0 aromatic heterocycles. The number of hydrogen-bond donors (Lipinski definition) is 2. The lowest BCUT2D eigenvalue weighted by Gasteiger charge is -2.18. The van der Waals surface area contributed by atoms with Gasteiger partial charge in [0.05, 0.1) is 6.54 Å². The van der Waals surface area contributed by atoms with Crippen LogP contribution >= 0.6 is 0 Å². The number of nitrogens with one attached hydrogen (secondary N) is 2. The molecule has 1 saturated carbocycles. The first-order valence-corrected chi connectivity index (χ1v) is 6.87.